The van der Waals surface area contributed by atoms with Crippen LogP contribution in [0.1, 0.15) is 0 Å². The van der Waals surface area contributed by atoms with Crippen LogP contribution in [-0.2, 0) is 0 Å². The first kappa shape index (κ1) is 29.9. The zero-order valence-corrected chi connectivity index (χ0v) is 7.50. The van der Waals surface area contributed by atoms with E-state index in [2.05, 4.69) is 11.5 Å². The van der Waals surface area contributed by atoms with Gasteiger partial charge in [-0.15, -0.1) is 0 Å². The highest BCUT2D eigenvalue weighted by Gasteiger charge is 1.52. The molecular formula is CH13N7O6. The standard InChI is InChI=1S/CH5N3.2NO3.2H3N/c3*2-1(3)4;;/h(H5,2,3,4);;;2*1H3/q;2*-1;;/p+2. The van der Waals surface area contributed by atoms with Gasteiger partial charge in [-0.3, -0.25) is 5.41 Å². The van der Waals surface area contributed by atoms with Crippen LogP contribution in [0.4, 0.5) is 0 Å². The summed E-state index contributed by atoms with van der Waals surface area (Å²) in [4.78, 5) is 16.5. The maximum Gasteiger partial charge on any atom is 0.183 e. The van der Waals surface area contributed by atoms with Crippen LogP contribution in [0.3, 0.4) is 0 Å². The Labute approximate surface area is 77.2 Å². The van der Waals surface area contributed by atoms with Crippen LogP contribution >= 0.6 is 0 Å². The Kier molecular flexibility index (Phi) is 47.9. The van der Waals surface area contributed by atoms with E-state index in [9.17, 15) is 0 Å². The second kappa shape index (κ2) is 22.4. The summed E-state index contributed by atoms with van der Waals surface area (Å²) in [6.07, 6.45) is 0. The number of hydrogen-bond donors (Lipinski definition) is 5. The summed E-state index contributed by atoms with van der Waals surface area (Å²) in [6.45, 7) is 0. The van der Waals surface area contributed by atoms with Gasteiger partial charge in [-0.05, 0) is 0 Å². The third-order valence-corrected chi connectivity index (χ3v) is 0. The molecule has 0 spiro atoms. The van der Waals surface area contributed by atoms with Crippen LogP contribution in [0.25, 0.3) is 0 Å². The molecule has 0 rings (SSSR count). The predicted octanol–water partition coefficient (Wildman–Crippen LogP) is -0.887. The average molecular weight is 219 g/mol. The molecule has 0 saturated heterocycles. The lowest BCUT2D eigenvalue weighted by Gasteiger charge is -1.74. The van der Waals surface area contributed by atoms with Crippen LogP contribution in [0.2, 0.25) is 0 Å². The number of nitrogens with two attached hydrogens (primary N) is 2. The van der Waals surface area contributed by atoms with Gasteiger partial charge in [-0.25, -0.2) is 0 Å². The van der Waals surface area contributed by atoms with Gasteiger partial charge in [0.1, 0.15) is 0 Å². The van der Waals surface area contributed by atoms with Gasteiger partial charge in [0, 0.05) is 0 Å². The molecular weight excluding hydrogens is 206 g/mol. The van der Waals surface area contributed by atoms with E-state index < -0.39 is 10.2 Å². The zero-order valence-electron chi connectivity index (χ0n) is 7.50. The summed E-state index contributed by atoms with van der Waals surface area (Å²) in [5, 5.41) is 35.6. The van der Waals surface area contributed by atoms with Crippen molar-refractivity contribution in [2.45, 2.75) is 0 Å². The SMILES string of the molecule is N=C(N)N.O=[N+]([O-])[O-].O=[N+]([O-])[O-].[NH4+].[NH4+]. The Balaban J connectivity index is -0.0000000270. The minimum Gasteiger partial charge on any atom is -0.370 e. The molecule has 88 valence electrons. The molecule has 0 atom stereocenters. The number of nitrogens with one attached hydrogen (secondary N) is 1. The molecule has 14 heavy (non-hydrogen) atoms. The van der Waals surface area contributed by atoms with Gasteiger partial charge >= 0.3 is 0 Å². The molecule has 0 aromatic rings. The maximum absolute atomic E-state index is 8.25. The van der Waals surface area contributed by atoms with Crippen molar-refractivity contribution in [3.8, 4) is 0 Å². The normalized spacial score (nSPS) is 5.14. The van der Waals surface area contributed by atoms with Crippen molar-refractivity contribution < 1.29 is 10.2 Å². The Morgan fingerprint density at radius 3 is 0.929 bits per heavy atom. The predicted molar refractivity (Wildman–Crippen MR) is 48.8 cm³/mol. The van der Waals surface area contributed by atoms with Crippen molar-refractivity contribution >= 4 is 5.96 Å². The van der Waals surface area contributed by atoms with E-state index in [0.29, 0.717) is 0 Å². The second-order valence-electron chi connectivity index (χ2n) is 0.903. The molecule has 0 radical (unpaired) electrons. The summed E-state index contributed by atoms with van der Waals surface area (Å²) >= 11 is 0. The van der Waals surface area contributed by atoms with E-state index >= 15 is 0 Å². The fourth-order valence-electron chi connectivity index (χ4n) is 0. The first-order valence-corrected chi connectivity index (χ1v) is 1.92. The maximum atomic E-state index is 8.25. The van der Waals surface area contributed by atoms with Crippen molar-refractivity contribution in [2.24, 2.45) is 11.5 Å². The molecule has 0 aliphatic rings. The van der Waals surface area contributed by atoms with Crippen molar-refractivity contribution in [3.63, 3.8) is 0 Å². The molecule has 0 heterocycles. The Morgan fingerprint density at radius 1 is 0.929 bits per heavy atom. The molecule has 0 aliphatic carbocycles. The molecule has 0 saturated carbocycles. The van der Waals surface area contributed by atoms with E-state index in [1.807, 2.05) is 0 Å². The quantitative estimate of drug-likeness (QED) is 0.147. The second-order valence-corrected chi connectivity index (χ2v) is 0.903. The molecule has 13 nitrogen and oxygen atoms in total. The van der Waals surface area contributed by atoms with E-state index in [0.717, 1.165) is 0 Å². The van der Waals surface area contributed by atoms with E-state index in [-0.39, 0.29) is 18.3 Å². The van der Waals surface area contributed by atoms with Gasteiger partial charge in [0.25, 0.3) is 0 Å². The van der Waals surface area contributed by atoms with Gasteiger partial charge in [0.15, 0.2) is 5.96 Å². The molecule has 0 amide bonds. The largest absolute Gasteiger partial charge is 0.370 e. The highest BCUT2D eigenvalue weighted by molar-refractivity contribution is 5.71. The van der Waals surface area contributed by atoms with E-state index in [4.69, 9.17) is 36.1 Å². The minimum atomic E-state index is -1.75. The summed E-state index contributed by atoms with van der Waals surface area (Å²) in [7, 11) is 0. The van der Waals surface area contributed by atoms with Crippen molar-refractivity contribution in [1.82, 2.24) is 12.3 Å². The molecule has 0 bridgehead atoms. The lowest BCUT2D eigenvalue weighted by molar-refractivity contribution is -0.403. The monoisotopic (exact) mass is 219 g/mol. The number of guanidine groups is 1. The molecule has 13 heteroatoms. The summed E-state index contributed by atoms with van der Waals surface area (Å²) < 4.78 is 0. The van der Waals surface area contributed by atoms with Crippen molar-refractivity contribution in [2.75, 3.05) is 0 Å². The highest BCUT2D eigenvalue weighted by atomic mass is 16.9. The number of hydrogen-bond acceptors (Lipinski definition) is 7. The van der Waals surface area contributed by atoms with Gasteiger partial charge in [-0.2, -0.15) is 0 Å². The number of rotatable bonds is 0. The van der Waals surface area contributed by atoms with E-state index in [1.54, 1.807) is 0 Å². The van der Waals surface area contributed by atoms with Crippen molar-refractivity contribution in [1.29, 1.82) is 5.41 Å². The summed E-state index contributed by atoms with van der Waals surface area (Å²) in [5.41, 5.74) is 8.94. The first-order chi connectivity index (χ1) is 5.20. The van der Waals surface area contributed by atoms with Crippen LogP contribution in [0, 0.1) is 36.1 Å². The molecule has 0 fully saturated rings. The van der Waals surface area contributed by atoms with Gasteiger partial charge in [0.2, 0.25) is 0 Å². The lowest BCUT2D eigenvalue weighted by Crippen LogP contribution is -2.20. The average Bonchev–Trinajstić information content (AvgIpc) is 1.54. The minimum absolute atomic E-state index is 0. The van der Waals surface area contributed by atoms with E-state index in [1.165, 1.54) is 0 Å². The number of quaternary nitrogens is 2. The summed E-state index contributed by atoms with van der Waals surface area (Å²) in [6, 6.07) is 0. The molecule has 13 N–H and O–H groups in total. The smallest absolute Gasteiger partial charge is 0.183 e. The third-order valence-electron chi connectivity index (χ3n) is 0. The lowest BCUT2D eigenvalue weighted by atomic mass is 11.1. The van der Waals surface area contributed by atoms with Gasteiger partial charge in [-0.1, -0.05) is 0 Å². The highest BCUT2D eigenvalue weighted by Crippen LogP contribution is 1.44. The Hall–Kier alpha value is -2.41. The number of nitrogens with zero attached hydrogens (tertiary/aromatic N) is 2. The topological polar surface area (TPSA) is 281 Å². The Bertz CT molecular complexity index is 116. The van der Waals surface area contributed by atoms with Crippen LogP contribution in [-0.4, -0.2) is 16.1 Å². The third kappa shape index (κ3) is 122. The van der Waals surface area contributed by atoms with Crippen molar-refractivity contribution in [3.05, 3.63) is 30.6 Å². The van der Waals surface area contributed by atoms with Crippen LogP contribution < -0.4 is 23.8 Å². The molecule has 0 unspecified atom stereocenters. The summed E-state index contributed by atoms with van der Waals surface area (Å²) in [5.74, 6) is -0.333. The fraction of sp³-hybridized carbons (Fsp3) is 0. The molecule has 0 aromatic heterocycles. The van der Waals surface area contributed by atoms with Gasteiger partial charge in [0.05, 0.1) is 10.2 Å². The van der Waals surface area contributed by atoms with Gasteiger partial charge < -0.3 is 54.4 Å². The first-order valence-electron chi connectivity index (χ1n) is 1.92. The molecule has 0 aromatic carbocycles. The zero-order chi connectivity index (χ0) is 10.7. The van der Waals surface area contributed by atoms with Crippen LogP contribution in [0.15, 0.2) is 0 Å². The molecule has 0 aliphatic heterocycles. The van der Waals surface area contributed by atoms with Crippen LogP contribution in [0.5, 0.6) is 0 Å². The Morgan fingerprint density at radius 2 is 0.929 bits per heavy atom. The fourth-order valence-corrected chi connectivity index (χ4v) is 0.